The third-order valence-corrected chi connectivity index (χ3v) is 4.70. The number of fused-ring (bicyclic) bond motifs is 1. The SMILES string of the molecule is O=C1Cc2cc(OCc3nnc(NCc4ccc(Cl)c(Cl)c4)o3)ccc2N1. The lowest BCUT2D eigenvalue weighted by molar-refractivity contribution is -0.115. The van der Waals surface area contributed by atoms with Gasteiger partial charge < -0.3 is 19.8 Å². The Morgan fingerprint density at radius 3 is 2.89 bits per heavy atom. The van der Waals surface area contributed by atoms with E-state index in [1.54, 1.807) is 18.2 Å². The number of ether oxygens (including phenoxy) is 1. The number of hydrogen-bond donors (Lipinski definition) is 2. The van der Waals surface area contributed by atoms with Crippen molar-refractivity contribution in [3.8, 4) is 5.75 Å². The van der Waals surface area contributed by atoms with E-state index >= 15 is 0 Å². The molecule has 0 spiro atoms. The van der Waals surface area contributed by atoms with Crippen LogP contribution in [0.5, 0.6) is 5.75 Å². The second-order valence-electron chi connectivity index (χ2n) is 5.94. The summed E-state index contributed by atoms with van der Waals surface area (Å²) in [6, 6.07) is 11.1. The van der Waals surface area contributed by atoms with Gasteiger partial charge in [0.05, 0.1) is 16.5 Å². The Morgan fingerprint density at radius 1 is 1.15 bits per heavy atom. The standard InChI is InChI=1S/C18H14Cl2N4O3/c19-13-3-1-10(5-14(13)20)8-21-18-24-23-17(27-18)9-26-12-2-4-15-11(6-12)7-16(25)22-15/h1-6H,7-9H2,(H,21,24)(H,22,25). The van der Waals surface area contributed by atoms with Gasteiger partial charge in [-0.25, -0.2) is 0 Å². The van der Waals surface area contributed by atoms with Crippen molar-refractivity contribution in [2.75, 3.05) is 10.6 Å². The smallest absolute Gasteiger partial charge is 0.315 e. The maximum atomic E-state index is 11.4. The van der Waals surface area contributed by atoms with E-state index in [9.17, 15) is 4.79 Å². The summed E-state index contributed by atoms with van der Waals surface area (Å²) in [6.45, 7) is 0.590. The lowest BCUT2D eigenvalue weighted by Gasteiger charge is -2.05. The van der Waals surface area contributed by atoms with Crippen molar-refractivity contribution < 1.29 is 13.9 Å². The monoisotopic (exact) mass is 404 g/mol. The Hall–Kier alpha value is -2.77. The summed E-state index contributed by atoms with van der Waals surface area (Å²) in [5.74, 6) is 0.951. The summed E-state index contributed by atoms with van der Waals surface area (Å²) in [6.07, 6.45) is 0.357. The second-order valence-corrected chi connectivity index (χ2v) is 6.75. The molecule has 27 heavy (non-hydrogen) atoms. The molecule has 2 aromatic carbocycles. The fourth-order valence-corrected chi connectivity index (χ4v) is 2.97. The first kappa shape index (κ1) is 17.6. The third-order valence-electron chi connectivity index (χ3n) is 3.96. The molecule has 0 saturated heterocycles. The van der Waals surface area contributed by atoms with E-state index in [2.05, 4.69) is 20.8 Å². The van der Waals surface area contributed by atoms with Gasteiger partial charge in [-0.15, -0.1) is 5.10 Å². The molecule has 0 unspecified atom stereocenters. The van der Waals surface area contributed by atoms with Gasteiger partial charge in [0.1, 0.15) is 5.75 Å². The molecule has 138 valence electrons. The van der Waals surface area contributed by atoms with Gasteiger partial charge in [-0.2, -0.15) is 0 Å². The predicted molar refractivity (Wildman–Crippen MR) is 101 cm³/mol. The quantitative estimate of drug-likeness (QED) is 0.643. The van der Waals surface area contributed by atoms with E-state index in [0.29, 0.717) is 34.7 Å². The number of anilines is 2. The van der Waals surface area contributed by atoms with Gasteiger partial charge in [-0.3, -0.25) is 4.79 Å². The number of carbonyl (C=O) groups excluding carboxylic acids is 1. The van der Waals surface area contributed by atoms with Gasteiger partial charge in [-0.1, -0.05) is 34.4 Å². The number of benzene rings is 2. The molecule has 2 heterocycles. The molecule has 1 amide bonds. The van der Waals surface area contributed by atoms with Crippen molar-refractivity contribution in [2.24, 2.45) is 0 Å². The predicted octanol–water partition coefficient (Wildman–Crippen LogP) is 4.06. The fraction of sp³-hybridized carbons (Fsp3) is 0.167. The van der Waals surface area contributed by atoms with Crippen LogP contribution >= 0.6 is 23.2 Å². The van der Waals surface area contributed by atoms with Gasteiger partial charge >= 0.3 is 6.01 Å². The van der Waals surface area contributed by atoms with Crippen LogP contribution < -0.4 is 15.4 Å². The van der Waals surface area contributed by atoms with E-state index in [-0.39, 0.29) is 18.5 Å². The molecule has 0 radical (unpaired) electrons. The number of nitrogens with zero attached hydrogens (tertiary/aromatic N) is 2. The van der Waals surface area contributed by atoms with Crippen molar-refractivity contribution in [3.63, 3.8) is 0 Å². The number of carbonyl (C=O) groups is 1. The molecule has 1 aliphatic rings. The molecule has 1 aliphatic heterocycles. The maximum absolute atomic E-state index is 11.4. The van der Waals surface area contributed by atoms with Crippen molar-refractivity contribution in [2.45, 2.75) is 19.6 Å². The van der Waals surface area contributed by atoms with Gasteiger partial charge in [0.2, 0.25) is 5.91 Å². The normalized spacial score (nSPS) is 12.6. The number of nitrogens with one attached hydrogen (secondary N) is 2. The maximum Gasteiger partial charge on any atom is 0.315 e. The Bertz CT molecular complexity index is 1010. The number of rotatable bonds is 6. The average molecular weight is 405 g/mol. The molecule has 0 atom stereocenters. The molecule has 0 saturated carbocycles. The molecular formula is C18H14Cl2N4O3. The summed E-state index contributed by atoms with van der Waals surface area (Å²) in [5, 5.41) is 14.7. The summed E-state index contributed by atoms with van der Waals surface area (Å²) < 4.78 is 11.2. The highest BCUT2D eigenvalue weighted by Crippen LogP contribution is 2.27. The molecule has 0 fully saturated rings. The highest BCUT2D eigenvalue weighted by Gasteiger charge is 2.18. The van der Waals surface area contributed by atoms with E-state index in [4.69, 9.17) is 32.4 Å². The topological polar surface area (TPSA) is 89.3 Å². The lowest BCUT2D eigenvalue weighted by Crippen LogP contribution is -2.03. The van der Waals surface area contributed by atoms with Crippen LogP contribution in [0.1, 0.15) is 17.0 Å². The van der Waals surface area contributed by atoms with Crippen molar-refractivity contribution >= 4 is 40.8 Å². The Morgan fingerprint density at radius 2 is 2.04 bits per heavy atom. The second kappa shape index (κ2) is 7.46. The molecular weight excluding hydrogens is 391 g/mol. The number of halogens is 2. The Kier molecular flexibility index (Phi) is 4.87. The molecule has 9 heteroatoms. The van der Waals surface area contributed by atoms with Gasteiger partial charge in [0.15, 0.2) is 6.61 Å². The molecule has 7 nitrogen and oxygen atoms in total. The fourth-order valence-electron chi connectivity index (χ4n) is 2.65. The highest BCUT2D eigenvalue weighted by molar-refractivity contribution is 6.42. The Balaban J connectivity index is 1.32. The van der Waals surface area contributed by atoms with Gasteiger partial charge in [0.25, 0.3) is 5.89 Å². The zero-order chi connectivity index (χ0) is 18.8. The van der Waals surface area contributed by atoms with Gasteiger partial charge in [0, 0.05) is 12.2 Å². The van der Waals surface area contributed by atoms with Crippen molar-refractivity contribution in [1.82, 2.24) is 10.2 Å². The lowest BCUT2D eigenvalue weighted by atomic mass is 10.1. The van der Waals surface area contributed by atoms with Crippen LogP contribution in [0.25, 0.3) is 0 Å². The van der Waals surface area contributed by atoms with Crippen molar-refractivity contribution in [3.05, 3.63) is 63.5 Å². The third kappa shape index (κ3) is 4.15. The minimum Gasteiger partial charge on any atom is -0.484 e. The summed E-state index contributed by atoms with van der Waals surface area (Å²) >= 11 is 11.9. The minimum atomic E-state index is -0.0169. The average Bonchev–Trinajstić information content (AvgIpc) is 3.25. The first-order chi connectivity index (χ1) is 13.1. The minimum absolute atomic E-state index is 0.0169. The van der Waals surface area contributed by atoms with E-state index < -0.39 is 0 Å². The van der Waals surface area contributed by atoms with Crippen LogP contribution in [-0.2, 0) is 24.4 Å². The molecule has 0 aliphatic carbocycles. The summed E-state index contributed by atoms with van der Waals surface area (Å²) in [5.41, 5.74) is 2.66. The summed E-state index contributed by atoms with van der Waals surface area (Å²) in [7, 11) is 0. The molecule has 0 bridgehead atoms. The van der Waals surface area contributed by atoms with Crippen LogP contribution in [-0.4, -0.2) is 16.1 Å². The zero-order valence-electron chi connectivity index (χ0n) is 14.0. The molecule has 4 rings (SSSR count). The number of amides is 1. The Labute approximate surface area is 164 Å². The number of aromatic nitrogens is 2. The highest BCUT2D eigenvalue weighted by atomic mass is 35.5. The van der Waals surface area contributed by atoms with Crippen LogP contribution in [0.15, 0.2) is 40.8 Å². The van der Waals surface area contributed by atoms with Crippen LogP contribution in [0, 0.1) is 0 Å². The van der Waals surface area contributed by atoms with E-state index in [0.717, 1.165) is 16.8 Å². The molecule has 3 aromatic rings. The van der Waals surface area contributed by atoms with Crippen LogP contribution in [0.4, 0.5) is 11.7 Å². The largest absolute Gasteiger partial charge is 0.484 e. The summed E-state index contributed by atoms with van der Waals surface area (Å²) in [4.78, 5) is 11.4. The van der Waals surface area contributed by atoms with Gasteiger partial charge in [-0.05, 0) is 41.5 Å². The number of hydrogen-bond acceptors (Lipinski definition) is 6. The van der Waals surface area contributed by atoms with Crippen LogP contribution in [0.2, 0.25) is 10.0 Å². The van der Waals surface area contributed by atoms with E-state index in [1.165, 1.54) is 0 Å². The first-order valence-electron chi connectivity index (χ1n) is 8.12. The van der Waals surface area contributed by atoms with Crippen molar-refractivity contribution in [1.29, 1.82) is 0 Å². The van der Waals surface area contributed by atoms with E-state index in [1.807, 2.05) is 18.2 Å². The van der Waals surface area contributed by atoms with Crippen LogP contribution in [0.3, 0.4) is 0 Å². The first-order valence-corrected chi connectivity index (χ1v) is 8.88. The zero-order valence-corrected chi connectivity index (χ0v) is 15.5. The molecule has 2 N–H and O–H groups in total. The molecule has 1 aromatic heterocycles.